The van der Waals surface area contributed by atoms with E-state index in [0.717, 1.165) is 10.8 Å². The van der Waals surface area contributed by atoms with Crippen molar-refractivity contribution >= 4 is 11.6 Å². The summed E-state index contributed by atoms with van der Waals surface area (Å²) in [5.74, 6) is 0.920. The summed E-state index contributed by atoms with van der Waals surface area (Å²) in [4.78, 5) is 0. The second kappa shape index (κ2) is 6.97. The Morgan fingerprint density at radius 1 is 1.00 bits per heavy atom. The van der Waals surface area contributed by atoms with E-state index in [1.165, 1.54) is 16.7 Å². The van der Waals surface area contributed by atoms with Crippen LogP contribution < -0.4 is 10.1 Å². The number of hydrogen-bond donors (Lipinski definition) is 1. The first-order valence-corrected chi connectivity index (χ1v) is 7.55. The Morgan fingerprint density at radius 3 is 2.29 bits per heavy atom. The second-order valence-corrected chi connectivity index (χ2v) is 5.84. The van der Waals surface area contributed by atoms with Gasteiger partial charge in [-0.2, -0.15) is 0 Å². The van der Waals surface area contributed by atoms with Gasteiger partial charge in [-0.05, 0) is 44.5 Å². The number of ether oxygens (including phenoxy) is 1. The summed E-state index contributed by atoms with van der Waals surface area (Å²) >= 11 is 5.94. The predicted molar refractivity (Wildman–Crippen MR) is 89.1 cm³/mol. The predicted octanol–water partition coefficient (Wildman–Crippen LogP) is 5.07. The van der Waals surface area contributed by atoms with Crippen molar-refractivity contribution in [2.24, 2.45) is 0 Å². The number of hydrogen-bond acceptors (Lipinski definition) is 2. The average Bonchev–Trinajstić information content (AvgIpc) is 2.47. The minimum absolute atomic E-state index is 0.200. The maximum Gasteiger partial charge on any atom is 0.123 e. The van der Waals surface area contributed by atoms with Crippen molar-refractivity contribution in [3.05, 3.63) is 64.2 Å². The van der Waals surface area contributed by atoms with Crippen LogP contribution in [-0.4, -0.2) is 7.11 Å². The molecule has 0 saturated heterocycles. The fourth-order valence-electron chi connectivity index (χ4n) is 2.50. The average molecular weight is 304 g/mol. The molecule has 21 heavy (non-hydrogen) atoms. The zero-order valence-electron chi connectivity index (χ0n) is 13.0. The van der Waals surface area contributed by atoms with Gasteiger partial charge in [0.2, 0.25) is 0 Å². The van der Waals surface area contributed by atoms with Gasteiger partial charge in [0.25, 0.3) is 0 Å². The third kappa shape index (κ3) is 3.99. The number of aryl methyl sites for hydroxylation is 1. The monoisotopic (exact) mass is 303 g/mol. The fourth-order valence-corrected chi connectivity index (χ4v) is 2.63. The first kappa shape index (κ1) is 15.9. The van der Waals surface area contributed by atoms with Gasteiger partial charge >= 0.3 is 0 Å². The van der Waals surface area contributed by atoms with Gasteiger partial charge in [0.1, 0.15) is 5.75 Å². The van der Waals surface area contributed by atoms with E-state index in [1.54, 1.807) is 7.11 Å². The van der Waals surface area contributed by atoms with Crippen LogP contribution in [0.3, 0.4) is 0 Å². The Morgan fingerprint density at radius 2 is 1.67 bits per heavy atom. The van der Waals surface area contributed by atoms with Crippen molar-refractivity contribution in [1.82, 2.24) is 5.32 Å². The highest BCUT2D eigenvalue weighted by Gasteiger charge is 2.15. The van der Waals surface area contributed by atoms with Crippen molar-refractivity contribution in [2.45, 2.75) is 32.9 Å². The van der Waals surface area contributed by atoms with Gasteiger partial charge in [0, 0.05) is 22.7 Å². The lowest BCUT2D eigenvalue weighted by Gasteiger charge is -2.23. The lowest BCUT2D eigenvalue weighted by molar-refractivity contribution is 0.396. The van der Waals surface area contributed by atoms with E-state index in [4.69, 9.17) is 16.3 Å². The number of methoxy groups -OCH3 is 1. The lowest BCUT2D eigenvalue weighted by atomic mass is 10.0. The van der Waals surface area contributed by atoms with Crippen molar-refractivity contribution in [1.29, 1.82) is 0 Å². The summed E-state index contributed by atoms with van der Waals surface area (Å²) in [6.45, 7) is 6.41. The normalized spacial score (nSPS) is 13.8. The van der Waals surface area contributed by atoms with E-state index in [1.807, 2.05) is 18.2 Å². The number of nitrogens with one attached hydrogen (secondary N) is 1. The maximum atomic E-state index is 5.94. The van der Waals surface area contributed by atoms with Gasteiger partial charge in [-0.1, -0.05) is 41.4 Å². The Balaban J connectivity index is 2.15. The van der Waals surface area contributed by atoms with Gasteiger partial charge < -0.3 is 10.1 Å². The Labute approximate surface area is 132 Å². The second-order valence-electron chi connectivity index (χ2n) is 5.41. The summed E-state index contributed by atoms with van der Waals surface area (Å²) in [5.41, 5.74) is 3.63. The molecule has 2 aromatic rings. The highest BCUT2D eigenvalue weighted by Crippen LogP contribution is 2.28. The van der Waals surface area contributed by atoms with Crippen LogP contribution >= 0.6 is 11.6 Å². The molecule has 2 atom stereocenters. The van der Waals surface area contributed by atoms with Gasteiger partial charge in [0.05, 0.1) is 7.11 Å². The largest absolute Gasteiger partial charge is 0.496 e. The van der Waals surface area contributed by atoms with E-state index < -0.39 is 0 Å². The molecule has 1 unspecified atom stereocenters. The molecule has 0 bridgehead atoms. The number of halogens is 1. The van der Waals surface area contributed by atoms with Crippen molar-refractivity contribution in [3.8, 4) is 5.75 Å². The molecule has 0 aromatic heterocycles. The van der Waals surface area contributed by atoms with Crippen molar-refractivity contribution < 1.29 is 4.74 Å². The molecule has 2 rings (SSSR count). The molecule has 0 saturated carbocycles. The molecule has 0 fully saturated rings. The van der Waals surface area contributed by atoms with Crippen LogP contribution in [0, 0.1) is 6.92 Å². The first-order chi connectivity index (χ1) is 10.0. The van der Waals surface area contributed by atoms with E-state index in [0.29, 0.717) is 0 Å². The van der Waals surface area contributed by atoms with Crippen LogP contribution in [0.25, 0.3) is 0 Å². The summed E-state index contributed by atoms with van der Waals surface area (Å²) < 4.78 is 5.47. The van der Waals surface area contributed by atoms with E-state index in [-0.39, 0.29) is 12.1 Å². The van der Waals surface area contributed by atoms with E-state index in [2.05, 4.69) is 50.4 Å². The van der Waals surface area contributed by atoms with Crippen molar-refractivity contribution in [2.75, 3.05) is 7.11 Å². The fraction of sp³-hybridized carbons (Fsp3) is 0.333. The Hall–Kier alpha value is -1.51. The third-order valence-electron chi connectivity index (χ3n) is 3.72. The minimum Gasteiger partial charge on any atom is -0.496 e. The van der Waals surface area contributed by atoms with Crippen LogP contribution in [0.2, 0.25) is 5.02 Å². The molecule has 0 radical (unpaired) electrons. The van der Waals surface area contributed by atoms with Crippen LogP contribution in [0.4, 0.5) is 0 Å². The molecule has 0 heterocycles. The zero-order valence-corrected chi connectivity index (χ0v) is 13.7. The molecular formula is C18H22ClNO. The van der Waals surface area contributed by atoms with E-state index in [9.17, 15) is 0 Å². The van der Waals surface area contributed by atoms with Crippen LogP contribution in [-0.2, 0) is 0 Å². The molecule has 0 aliphatic carbocycles. The van der Waals surface area contributed by atoms with E-state index >= 15 is 0 Å². The van der Waals surface area contributed by atoms with Gasteiger partial charge in [0.15, 0.2) is 0 Å². The highest BCUT2D eigenvalue weighted by atomic mass is 35.5. The first-order valence-electron chi connectivity index (χ1n) is 7.17. The smallest absolute Gasteiger partial charge is 0.123 e. The van der Waals surface area contributed by atoms with Crippen LogP contribution in [0.1, 0.15) is 42.6 Å². The quantitative estimate of drug-likeness (QED) is 0.832. The molecule has 112 valence electrons. The standard InChI is InChI=1S/C18H22ClNO/c1-12-5-10-18(21-4)17(11-12)14(3)20-13(2)15-6-8-16(19)9-7-15/h5-11,13-14,20H,1-4H3/t13-,14?/m1/s1. The molecule has 0 spiro atoms. The molecule has 3 heteroatoms. The number of rotatable bonds is 5. The van der Waals surface area contributed by atoms with Crippen molar-refractivity contribution in [3.63, 3.8) is 0 Å². The molecular weight excluding hydrogens is 282 g/mol. The lowest BCUT2D eigenvalue weighted by Crippen LogP contribution is -2.23. The van der Waals surface area contributed by atoms with Crippen LogP contribution in [0.15, 0.2) is 42.5 Å². The third-order valence-corrected chi connectivity index (χ3v) is 3.97. The molecule has 0 amide bonds. The Bertz CT molecular complexity index is 595. The maximum absolute atomic E-state index is 5.94. The van der Waals surface area contributed by atoms with Gasteiger partial charge in [-0.3, -0.25) is 0 Å². The zero-order chi connectivity index (χ0) is 15.4. The Kier molecular flexibility index (Phi) is 5.27. The molecule has 2 nitrogen and oxygen atoms in total. The minimum atomic E-state index is 0.200. The molecule has 1 N–H and O–H groups in total. The highest BCUT2D eigenvalue weighted by molar-refractivity contribution is 6.30. The van der Waals surface area contributed by atoms with Crippen LogP contribution in [0.5, 0.6) is 5.75 Å². The molecule has 0 aliphatic heterocycles. The molecule has 2 aromatic carbocycles. The summed E-state index contributed by atoms with van der Waals surface area (Å²) in [7, 11) is 1.71. The summed E-state index contributed by atoms with van der Waals surface area (Å²) in [5, 5.41) is 4.37. The summed E-state index contributed by atoms with van der Waals surface area (Å²) in [6.07, 6.45) is 0. The topological polar surface area (TPSA) is 21.3 Å². The van der Waals surface area contributed by atoms with Gasteiger partial charge in [-0.25, -0.2) is 0 Å². The number of benzene rings is 2. The van der Waals surface area contributed by atoms with Gasteiger partial charge in [-0.15, -0.1) is 0 Å². The SMILES string of the molecule is COc1ccc(C)cc1C(C)N[C@H](C)c1ccc(Cl)cc1. The molecule has 0 aliphatic rings. The summed E-state index contributed by atoms with van der Waals surface area (Å²) in [6, 6.07) is 14.7.